The minimum atomic E-state index is -0.486. The number of rotatable bonds is 6. The number of aryl methyl sites for hydroxylation is 1. The molecule has 23 heavy (non-hydrogen) atoms. The molecular weight excluding hydrogens is 312 g/mol. The fourth-order valence-corrected chi connectivity index (χ4v) is 3.34. The topological polar surface area (TPSA) is 63.4 Å². The average Bonchev–Trinajstić information content (AvgIpc) is 2.54. The molecule has 0 atom stereocenters. The first-order valence-corrected chi connectivity index (χ1v) is 8.69. The summed E-state index contributed by atoms with van der Waals surface area (Å²) in [4.78, 5) is 25.5. The Morgan fingerprint density at radius 3 is 2.57 bits per heavy atom. The van der Waals surface area contributed by atoms with Crippen molar-refractivity contribution in [2.45, 2.75) is 45.4 Å². The van der Waals surface area contributed by atoms with Crippen LogP contribution in [0.3, 0.4) is 0 Å². The third-order valence-corrected chi connectivity index (χ3v) is 4.99. The molecule has 0 heterocycles. The van der Waals surface area contributed by atoms with Gasteiger partial charge in [-0.2, -0.15) is 0 Å². The number of hydrogen-bond acceptors (Lipinski definition) is 2. The first-order valence-electron chi connectivity index (χ1n) is 8.31. The highest BCUT2D eigenvalue weighted by Gasteiger charge is 2.21. The van der Waals surface area contributed by atoms with E-state index in [1.165, 1.54) is 32.1 Å². The van der Waals surface area contributed by atoms with Gasteiger partial charge in [0.1, 0.15) is 0 Å². The lowest BCUT2D eigenvalue weighted by Gasteiger charge is -2.26. The summed E-state index contributed by atoms with van der Waals surface area (Å²) in [5.41, 5.74) is 6.74. The molecule has 4 nitrogen and oxygen atoms in total. The molecule has 0 aliphatic heterocycles. The molecule has 1 saturated carbocycles. The molecule has 1 aromatic rings. The zero-order valence-electron chi connectivity index (χ0n) is 13.7. The molecule has 2 N–H and O–H groups in total. The average molecular weight is 337 g/mol. The van der Waals surface area contributed by atoms with Gasteiger partial charge in [-0.25, -0.2) is 0 Å². The van der Waals surface area contributed by atoms with E-state index in [2.05, 4.69) is 0 Å². The van der Waals surface area contributed by atoms with Gasteiger partial charge >= 0.3 is 0 Å². The molecule has 1 aromatic carbocycles. The van der Waals surface area contributed by atoms with Crippen molar-refractivity contribution in [3.05, 3.63) is 34.3 Å². The van der Waals surface area contributed by atoms with Crippen LogP contribution in [0.2, 0.25) is 5.02 Å². The zero-order valence-corrected chi connectivity index (χ0v) is 14.4. The van der Waals surface area contributed by atoms with Crippen LogP contribution in [0, 0.1) is 12.8 Å². The second-order valence-electron chi connectivity index (χ2n) is 6.45. The normalized spacial score (nSPS) is 15.4. The van der Waals surface area contributed by atoms with Crippen molar-refractivity contribution in [3.63, 3.8) is 0 Å². The highest BCUT2D eigenvalue weighted by Crippen LogP contribution is 2.26. The highest BCUT2D eigenvalue weighted by molar-refractivity contribution is 6.31. The maximum absolute atomic E-state index is 12.7. The van der Waals surface area contributed by atoms with Crippen molar-refractivity contribution in [1.29, 1.82) is 0 Å². The van der Waals surface area contributed by atoms with Gasteiger partial charge < -0.3 is 10.6 Å². The molecule has 0 spiro atoms. The summed E-state index contributed by atoms with van der Waals surface area (Å²) < 4.78 is 0. The van der Waals surface area contributed by atoms with E-state index in [1.807, 2.05) is 13.0 Å². The van der Waals surface area contributed by atoms with E-state index in [1.54, 1.807) is 17.0 Å². The predicted molar refractivity (Wildman–Crippen MR) is 92.5 cm³/mol. The SMILES string of the molecule is Cc1ccc(C(=O)N(CCC2CCCCC2)CC(N)=O)cc1Cl. The van der Waals surface area contributed by atoms with Crippen molar-refractivity contribution in [3.8, 4) is 0 Å². The van der Waals surface area contributed by atoms with Crippen LogP contribution in [0.15, 0.2) is 18.2 Å². The molecule has 0 bridgehead atoms. The molecule has 2 amide bonds. The van der Waals surface area contributed by atoms with E-state index in [4.69, 9.17) is 17.3 Å². The summed E-state index contributed by atoms with van der Waals surface area (Å²) in [5, 5.41) is 0.558. The number of halogens is 1. The molecule has 1 aliphatic rings. The minimum absolute atomic E-state index is 0.0446. The van der Waals surface area contributed by atoms with Gasteiger partial charge in [0.15, 0.2) is 0 Å². The van der Waals surface area contributed by atoms with Crippen LogP contribution in [-0.2, 0) is 4.79 Å². The van der Waals surface area contributed by atoms with Gasteiger partial charge in [-0.05, 0) is 37.0 Å². The van der Waals surface area contributed by atoms with Gasteiger partial charge in [0.05, 0.1) is 6.54 Å². The largest absolute Gasteiger partial charge is 0.368 e. The third-order valence-electron chi connectivity index (χ3n) is 4.58. The van der Waals surface area contributed by atoms with Gasteiger partial charge in [0, 0.05) is 17.1 Å². The molecular formula is C18H25ClN2O2. The Hall–Kier alpha value is -1.55. The van der Waals surface area contributed by atoms with Gasteiger partial charge in [-0.1, -0.05) is 49.8 Å². The summed E-state index contributed by atoms with van der Waals surface area (Å²) in [6.45, 7) is 2.41. The minimum Gasteiger partial charge on any atom is -0.368 e. The third kappa shape index (κ3) is 5.24. The van der Waals surface area contributed by atoms with E-state index in [0.29, 0.717) is 23.0 Å². The molecule has 0 saturated heterocycles. The first-order chi connectivity index (χ1) is 11.0. The maximum atomic E-state index is 12.7. The summed E-state index contributed by atoms with van der Waals surface area (Å²) in [6.07, 6.45) is 7.20. The fraction of sp³-hybridized carbons (Fsp3) is 0.556. The highest BCUT2D eigenvalue weighted by atomic mass is 35.5. The molecule has 2 rings (SSSR count). The summed E-state index contributed by atoms with van der Waals surface area (Å²) in [5.74, 6) is -0.0183. The number of hydrogen-bond donors (Lipinski definition) is 1. The van der Waals surface area contributed by atoms with Crippen molar-refractivity contribution < 1.29 is 9.59 Å². The Labute approximate surface area is 143 Å². The zero-order chi connectivity index (χ0) is 16.8. The van der Waals surface area contributed by atoms with Gasteiger partial charge in [0.2, 0.25) is 5.91 Å². The van der Waals surface area contributed by atoms with Crippen LogP contribution in [0.1, 0.15) is 54.4 Å². The Morgan fingerprint density at radius 1 is 1.26 bits per heavy atom. The lowest BCUT2D eigenvalue weighted by molar-refractivity contribution is -0.118. The number of primary amides is 1. The molecule has 0 aromatic heterocycles. The van der Waals surface area contributed by atoms with Crippen molar-refractivity contribution >= 4 is 23.4 Å². The van der Waals surface area contributed by atoms with Crippen molar-refractivity contribution in [2.75, 3.05) is 13.1 Å². The molecule has 0 radical (unpaired) electrons. The van der Waals surface area contributed by atoms with Crippen LogP contribution < -0.4 is 5.73 Å². The van der Waals surface area contributed by atoms with E-state index in [-0.39, 0.29) is 12.5 Å². The maximum Gasteiger partial charge on any atom is 0.254 e. The number of benzene rings is 1. The summed E-state index contributed by atoms with van der Waals surface area (Å²) in [7, 11) is 0. The Morgan fingerprint density at radius 2 is 1.96 bits per heavy atom. The molecule has 1 fully saturated rings. The lowest BCUT2D eigenvalue weighted by Crippen LogP contribution is -2.39. The first kappa shape index (κ1) is 17.8. The number of carbonyl (C=O) groups is 2. The number of nitrogens with two attached hydrogens (primary N) is 1. The predicted octanol–water partition coefficient (Wildman–Crippen LogP) is 3.55. The second kappa shape index (κ2) is 8.34. The van der Waals surface area contributed by atoms with E-state index in [0.717, 1.165) is 12.0 Å². The van der Waals surface area contributed by atoms with E-state index >= 15 is 0 Å². The standard InChI is InChI=1S/C18H25ClN2O2/c1-13-7-8-15(11-16(13)19)18(23)21(12-17(20)22)10-9-14-5-3-2-4-6-14/h7-8,11,14H,2-6,9-10,12H2,1H3,(H2,20,22). The van der Waals surface area contributed by atoms with Crippen LogP contribution in [-0.4, -0.2) is 29.8 Å². The van der Waals surface area contributed by atoms with Crippen molar-refractivity contribution in [1.82, 2.24) is 4.90 Å². The smallest absolute Gasteiger partial charge is 0.254 e. The molecule has 126 valence electrons. The van der Waals surface area contributed by atoms with Gasteiger partial charge in [-0.15, -0.1) is 0 Å². The lowest BCUT2D eigenvalue weighted by atomic mass is 9.87. The van der Waals surface area contributed by atoms with Crippen LogP contribution in [0.25, 0.3) is 0 Å². The van der Waals surface area contributed by atoms with Gasteiger partial charge in [0.25, 0.3) is 5.91 Å². The quantitative estimate of drug-likeness (QED) is 0.863. The van der Waals surface area contributed by atoms with E-state index < -0.39 is 5.91 Å². The van der Waals surface area contributed by atoms with Crippen LogP contribution >= 0.6 is 11.6 Å². The monoisotopic (exact) mass is 336 g/mol. The summed E-state index contributed by atoms with van der Waals surface area (Å²) >= 11 is 6.10. The molecule has 5 heteroatoms. The number of amides is 2. The Kier molecular flexibility index (Phi) is 6.46. The Balaban J connectivity index is 2.04. The Bertz CT molecular complexity index is 568. The van der Waals surface area contributed by atoms with Crippen molar-refractivity contribution in [2.24, 2.45) is 11.7 Å². The summed E-state index contributed by atoms with van der Waals surface area (Å²) in [6, 6.07) is 5.23. The van der Waals surface area contributed by atoms with Crippen LogP contribution in [0.4, 0.5) is 0 Å². The van der Waals surface area contributed by atoms with Gasteiger partial charge in [-0.3, -0.25) is 9.59 Å². The number of carbonyl (C=O) groups excluding carboxylic acids is 2. The molecule has 0 unspecified atom stereocenters. The molecule has 1 aliphatic carbocycles. The fourth-order valence-electron chi connectivity index (χ4n) is 3.16. The number of nitrogens with zero attached hydrogens (tertiary/aromatic N) is 1. The van der Waals surface area contributed by atoms with Crippen LogP contribution in [0.5, 0.6) is 0 Å². The second-order valence-corrected chi connectivity index (χ2v) is 6.86. The van der Waals surface area contributed by atoms with E-state index in [9.17, 15) is 9.59 Å².